The Kier molecular flexibility index (Phi) is 7.02. The van der Waals surface area contributed by atoms with Crippen molar-refractivity contribution in [2.24, 2.45) is 0 Å². The van der Waals surface area contributed by atoms with Crippen LogP contribution in [0, 0.1) is 6.92 Å². The van der Waals surface area contributed by atoms with Crippen LogP contribution in [0.15, 0.2) is 53.4 Å². The van der Waals surface area contributed by atoms with Gasteiger partial charge >= 0.3 is 0 Å². The number of rotatable bonds is 6. The van der Waals surface area contributed by atoms with Gasteiger partial charge in [0.15, 0.2) is 5.78 Å². The summed E-state index contributed by atoms with van der Waals surface area (Å²) in [4.78, 5) is 52.9. The van der Waals surface area contributed by atoms with Crippen LogP contribution < -0.4 is 5.32 Å². The molecule has 0 aliphatic carbocycles. The molecule has 4 aromatic rings. The number of nitrogens with one attached hydrogen (secondary N) is 1. The third kappa shape index (κ3) is 5.25. The first-order valence-electron chi connectivity index (χ1n) is 11.4. The van der Waals surface area contributed by atoms with Crippen LogP contribution in [0.5, 0.6) is 0 Å². The Hall–Kier alpha value is -3.64. The van der Waals surface area contributed by atoms with E-state index in [0.29, 0.717) is 38.8 Å². The number of fused-ring (bicyclic) bond motifs is 1. The standard InChI is InChI=1S/C25H22BrN7O3S/c1-14(34)24-18-8-16(17-9-27-15(2)28-10-17)6-7-19(18)33(31-24)11-23(35)32-13-37-12-20(32)25(36)30-22-5-3-4-21(26)29-22/h3-10,20H,11-13H2,1-2H3,(H,29,30,36). The predicted octanol–water partition coefficient (Wildman–Crippen LogP) is 3.70. The number of aromatic nitrogens is 5. The van der Waals surface area contributed by atoms with Gasteiger partial charge in [0.05, 0.1) is 11.4 Å². The smallest absolute Gasteiger partial charge is 0.249 e. The van der Waals surface area contributed by atoms with E-state index in [1.807, 2.05) is 25.1 Å². The maximum Gasteiger partial charge on any atom is 0.249 e. The molecule has 2 amide bonds. The topological polar surface area (TPSA) is 123 Å². The van der Waals surface area contributed by atoms with E-state index in [0.717, 1.165) is 11.1 Å². The van der Waals surface area contributed by atoms with Crippen LogP contribution >= 0.6 is 27.7 Å². The molecule has 10 nitrogen and oxygen atoms in total. The number of amides is 2. The van der Waals surface area contributed by atoms with E-state index < -0.39 is 6.04 Å². The Labute approximate surface area is 225 Å². The number of ketones is 1. The maximum atomic E-state index is 13.3. The molecule has 1 aliphatic rings. The number of anilines is 1. The van der Waals surface area contributed by atoms with Crippen LogP contribution in [-0.4, -0.2) is 64.9 Å². The van der Waals surface area contributed by atoms with Crippen molar-refractivity contribution < 1.29 is 14.4 Å². The molecule has 37 heavy (non-hydrogen) atoms. The van der Waals surface area contributed by atoms with Crippen molar-refractivity contribution in [3.05, 3.63) is 64.9 Å². The molecule has 1 aromatic carbocycles. The van der Waals surface area contributed by atoms with Crippen LogP contribution in [0.4, 0.5) is 5.82 Å². The van der Waals surface area contributed by atoms with Gasteiger partial charge in [0.25, 0.3) is 0 Å². The number of halogens is 1. The quantitative estimate of drug-likeness (QED) is 0.271. The van der Waals surface area contributed by atoms with Gasteiger partial charge in [-0.25, -0.2) is 15.0 Å². The lowest BCUT2D eigenvalue weighted by Gasteiger charge is -2.23. The summed E-state index contributed by atoms with van der Waals surface area (Å²) in [6, 6.07) is 10.2. The van der Waals surface area contributed by atoms with Crippen LogP contribution in [0.1, 0.15) is 23.2 Å². The van der Waals surface area contributed by atoms with Gasteiger partial charge in [0.2, 0.25) is 11.8 Å². The van der Waals surface area contributed by atoms with Crippen LogP contribution in [-0.2, 0) is 16.1 Å². The number of carbonyl (C=O) groups excluding carboxylic acids is 3. The lowest BCUT2D eigenvalue weighted by molar-refractivity contribution is -0.136. The van der Waals surface area contributed by atoms with Crippen molar-refractivity contribution in [1.29, 1.82) is 0 Å². The van der Waals surface area contributed by atoms with Crippen LogP contribution in [0.3, 0.4) is 0 Å². The molecule has 1 atom stereocenters. The third-order valence-corrected chi connectivity index (χ3v) is 7.41. The second-order valence-corrected chi connectivity index (χ2v) is 10.3. The summed E-state index contributed by atoms with van der Waals surface area (Å²) >= 11 is 4.79. The molecule has 3 aromatic heterocycles. The fourth-order valence-electron chi connectivity index (χ4n) is 4.09. The zero-order chi connectivity index (χ0) is 26.1. The summed E-state index contributed by atoms with van der Waals surface area (Å²) < 4.78 is 2.13. The van der Waals surface area contributed by atoms with Crippen molar-refractivity contribution in [1.82, 2.24) is 29.6 Å². The minimum Gasteiger partial charge on any atom is -0.319 e. The monoisotopic (exact) mass is 579 g/mol. The largest absolute Gasteiger partial charge is 0.319 e. The molecule has 1 unspecified atom stereocenters. The average Bonchev–Trinajstić information content (AvgIpc) is 3.50. The first-order valence-corrected chi connectivity index (χ1v) is 13.4. The van der Waals surface area contributed by atoms with Crippen molar-refractivity contribution in [2.75, 3.05) is 16.9 Å². The average molecular weight is 580 g/mol. The lowest BCUT2D eigenvalue weighted by atomic mass is 10.0. The summed E-state index contributed by atoms with van der Waals surface area (Å²) in [5, 5.41) is 7.89. The first kappa shape index (κ1) is 25.0. The van der Waals surface area contributed by atoms with Crippen LogP contribution in [0.2, 0.25) is 0 Å². The van der Waals surface area contributed by atoms with Crippen molar-refractivity contribution >= 4 is 62.0 Å². The van der Waals surface area contributed by atoms with Crippen molar-refractivity contribution in [2.45, 2.75) is 26.4 Å². The van der Waals surface area contributed by atoms with E-state index in [-0.39, 0.29) is 29.8 Å². The Morgan fingerprint density at radius 2 is 1.92 bits per heavy atom. The molecule has 0 radical (unpaired) electrons. The zero-order valence-electron chi connectivity index (χ0n) is 20.0. The normalized spacial score (nSPS) is 15.2. The predicted molar refractivity (Wildman–Crippen MR) is 144 cm³/mol. The minimum absolute atomic E-state index is 0.101. The Morgan fingerprint density at radius 3 is 2.65 bits per heavy atom. The summed E-state index contributed by atoms with van der Waals surface area (Å²) in [5.41, 5.74) is 2.59. The molecule has 4 heterocycles. The highest BCUT2D eigenvalue weighted by Crippen LogP contribution is 2.28. The SMILES string of the molecule is CC(=O)c1nn(CC(=O)N2CSCC2C(=O)Nc2cccc(Br)n2)c2ccc(-c3cnc(C)nc3)cc12. The Morgan fingerprint density at radius 1 is 1.14 bits per heavy atom. The fourth-order valence-corrected chi connectivity index (χ4v) is 5.62. The minimum atomic E-state index is -0.638. The van der Waals surface area contributed by atoms with Gasteiger partial charge in [-0.2, -0.15) is 5.10 Å². The molecule has 0 spiro atoms. The third-order valence-electron chi connectivity index (χ3n) is 5.95. The number of carbonyl (C=O) groups is 3. The molecule has 1 fully saturated rings. The van der Waals surface area contributed by atoms with Gasteiger partial charge in [0.1, 0.15) is 34.5 Å². The maximum absolute atomic E-state index is 13.3. The number of hydrogen-bond acceptors (Lipinski definition) is 8. The summed E-state index contributed by atoms with van der Waals surface area (Å²) in [7, 11) is 0. The zero-order valence-corrected chi connectivity index (χ0v) is 22.4. The van der Waals surface area contributed by atoms with Crippen molar-refractivity contribution in [3.63, 3.8) is 0 Å². The molecular formula is C25H22BrN7O3S. The van der Waals surface area contributed by atoms with Gasteiger partial charge in [-0.1, -0.05) is 12.1 Å². The molecular weight excluding hydrogens is 558 g/mol. The summed E-state index contributed by atoms with van der Waals surface area (Å²) in [6.07, 6.45) is 3.45. The van der Waals surface area contributed by atoms with E-state index in [1.54, 1.807) is 30.6 Å². The van der Waals surface area contributed by atoms with Gasteiger partial charge < -0.3 is 10.2 Å². The highest BCUT2D eigenvalue weighted by Gasteiger charge is 2.35. The molecule has 12 heteroatoms. The first-order chi connectivity index (χ1) is 17.8. The van der Waals surface area contributed by atoms with E-state index in [4.69, 9.17) is 0 Å². The molecule has 1 aliphatic heterocycles. The highest BCUT2D eigenvalue weighted by atomic mass is 79.9. The van der Waals surface area contributed by atoms with Gasteiger partial charge in [-0.15, -0.1) is 11.8 Å². The van der Waals surface area contributed by atoms with E-state index in [2.05, 4.69) is 41.3 Å². The number of hydrogen-bond donors (Lipinski definition) is 1. The molecule has 1 N–H and O–H groups in total. The van der Waals surface area contributed by atoms with Gasteiger partial charge in [0, 0.05) is 36.0 Å². The van der Waals surface area contributed by atoms with Gasteiger partial charge in [-0.05, 0) is 52.7 Å². The number of Topliss-reactive ketones (excluding diaryl/α,β-unsaturated/α-hetero) is 1. The summed E-state index contributed by atoms with van der Waals surface area (Å²) in [5.74, 6) is 1.17. The van der Waals surface area contributed by atoms with E-state index >= 15 is 0 Å². The number of nitrogens with zero attached hydrogens (tertiary/aromatic N) is 6. The summed E-state index contributed by atoms with van der Waals surface area (Å²) in [6.45, 7) is 3.16. The molecule has 0 bridgehead atoms. The fraction of sp³-hybridized carbons (Fsp3) is 0.240. The Balaban J connectivity index is 1.39. The van der Waals surface area contributed by atoms with Gasteiger partial charge in [-0.3, -0.25) is 19.1 Å². The molecule has 1 saturated heterocycles. The lowest BCUT2D eigenvalue weighted by Crippen LogP contribution is -2.45. The second kappa shape index (κ2) is 10.4. The number of benzene rings is 1. The number of pyridine rings is 1. The molecule has 188 valence electrons. The Bertz CT molecular complexity index is 1520. The van der Waals surface area contributed by atoms with E-state index in [1.165, 1.54) is 28.3 Å². The molecule has 5 rings (SSSR count). The highest BCUT2D eigenvalue weighted by molar-refractivity contribution is 9.10. The van der Waals surface area contributed by atoms with Crippen molar-refractivity contribution in [3.8, 4) is 11.1 Å². The number of thioether (sulfide) groups is 1. The second-order valence-electron chi connectivity index (χ2n) is 8.53. The number of aryl methyl sites for hydroxylation is 1. The van der Waals surface area contributed by atoms with E-state index in [9.17, 15) is 14.4 Å². The van der Waals surface area contributed by atoms with Crippen LogP contribution in [0.25, 0.3) is 22.0 Å². The molecule has 0 saturated carbocycles.